The second-order valence-corrected chi connectivity index (χ2v) is 8.07. The van der Waals surface area contributed by atoms with Crippen LogP contribution in [0.4, 0.5) is 4.79 Å². The molecule has 6 heteroatoms. The number of nitrogens with one attached hydrogen (secondary N) is 2. The molecule has 1 heterocycles. The summed E-state index contributed by atoms with van der Waals surface area (Å²) >= 11 is 0. The van der Waals surface area contributed by atoms with Gasteiger partial charge in [-0.05, 0) is 29.9 Å². The van der Waals surface area contributed by atoms with Crippen LogP contribution in [-0.4, -0.2) is 41.9 Å². The van der Waals surface area contributed by atoms with E-state index in [0.29, 0.717) is 13.0 Å². The summed E-state index contributed by atoms with van der Waals surface area (Å²) in [5, 5.41) is 5.53. The van der Waals surface area contributed by atoms with Crippen molar-refractivity contribution in [2.75, 3.05) is 13.1 Å². The smallest absolute Gasteiger partial charge is 0.325 e. The molecule has 1 aliphatic rings. The van der Waals surface area contributed by atoms with Crippen molar-refractivity contribution in [3.63, 3.8) is 0 Å². The summed E-state index contributed by atoms with van der Waals surface area (Å²) in [5.74, 6) is -0.223. The summed E-state index contributed by atoms with van der Waals surface area (Å²) in [6.45, 7) is 4.18. The molecule has 3 rings (SSSR count). The van der Waals surface area contributed by atoms with E-state index in [1.54, 1.807) is 0 Å². The zero-order valence-electron chi connectivity index (χ0n) is 17.5. The van der Waals surface area contributed by atoms with Crippen LogP contribution in [0.15, 0.2) is 60.7 Å². The predicted octanol–water partition coefficient (Wildman–Crippen LogP) is 3.29. The van der Waals surface area contributed by atoms with Crippen molar-refractivity contribution in [2.45, 2.75) is 38.6 Å². The Bertz CT molecular complexity index is 828. The molecule has 2 aromatic rings. The summed E-state index contributed by atoms with van der Waals surface area (Å²) in [4.78, 5) is 37.9. The first-order chi connectivity index (χ1) is 14.5. The highest BCUT2D eigenvalue weighted by Crippen LogP contribution is 2.27. The van der Waals surface area contributed by atoms with Gasteiger partial charge in [-0.1, -0.05) is 74.5 Å². The van der Waals surface area contributed by atoms with Crippen molar-refractivity contribution in [1.29, 1.82) is 0 Å². The minimum absolute atomic E-state index is 0.153. The first-order valence-corrected chi connectivity index (χ1v) is 10.4. The van der Waals surface area contributed by atoms with E-state index in [1.807, 2.05) is 50.2 Å². The largest absolute Gasteiger partial charge is 0.355 e. The Morgan fingerprint density at radius 3 is 2.10 bits per heavy atom. The van der Waals surface area contributed by atoms with Gasteiger partial charge in [0.15, 0.2) is 0 Å². The van der Waals surface area contributed by atoms with E-state index in [1.165, 1.54) is 11.1 Å². The lowest BCUT2D eigenvalue weighted by atomic mass is 9.88. The van der Waals surface area contributed by atoms with Crippen LogP contribution in [0.5, 0.6) is 0 Å². The van der Waals surface area contributed by atoms with E-state index in [2.05, 4.69) is 34.9 Å². The average molecular weight is 408 g/mol. The van der Waals surface area contributed by atoms with Crippen LogP contribution in [0.25, 0.3) is 0 Å². The SMILES string of the molecule is CC(C)C[C@@H]1NC(=O)N(CC(=O)NCCC(c2ccccc2)c2ccccc2)C1=O. The number of carbonyl (C=O) groups excluding carboxylic acids is 3. The van der Waals surface area contributed by atoms with Crippen molar-refractivity contribution in [1.82, 2.24) is 15.5 Å². The third kappa shape index (κ3) is 5.47. The zero-order chi connectivity index (χ0) is 21.5. The number of rotatable bonds is 9. The van der Waals surface area contributed by atoms with Gasteiger partial charge in [-0.15, -0.1) is 0 Å². The van der Waals surface area contributed by atoms with Crippen LogP contribution in [0, 0.1) is 5.92 Å². The fourth-order valence-electron chi connectivity index (χ4n) is 3.81. The maximum absolute atomic E-state index is 12.4. The van der Waals surface area contributed by atoms with E-state index in [4.69, 9.17) is 0 Å². The number of carbonyl (C=O) groups is 3. The molecule has 0 radical (unpaired) electrons. The lowest BCUT2D eigenvalue weighted by Gasteiger charge is -2.19. The first kappa shape index (κ1) is 21.6. The molecule has 1 fully saturated rings. The van der Waals surface area contributed by atoms with Crippen LogP contribution in [0.2, 0.25) is 0 Å². The van der Waals surface area contributed by atoms with Crippen LogP contribution >= 0.6 is 0 Å². The molecular weight excluding hydrogens is 378 g/mol. The summed E-state index contributed by atoms with van der Waals surface area (Å²) in [6.07, 6.45) is 1.29. The number of nitrogens with zero attached hydrogens (tertiary/aromatic N) is 1. The average Bonchev–Trinajstić information content (AvgIpc) is 2.99. The van der Waals surface area contributed by atoms with Gasteiger partial charge in [-0.25, -0.2) is 4.79 Å². The van der Waals surface area contributed by atoms with Crippen molar-refractivity contribution in [2.24, 2.45) is 5.92 Å². The van der Waals surface area contributed by atoms with Crippen LogP contribution in [-0.2, 0) is 9.59 Å². The molecule has 1 aliphatic heterocycles. The highest BCUT2D eigenvalue weighted by atomic mass is 16.2. The van der Waals surface area contributed by atoms with Crippen LogP contribution in [0.3, 0.4) is 0 Å². The molecule has 0 saturated carbocycles. The Balaban J connectivity index is 1.56. The van der Waals surface area contributed by atoms with Gasteiger partial charge in [0.2, 0.25) is 5.91 Å². The number of hydrogen-bond acceptors (Lipinski definition) is 3. The molecule has 4 amide bonds. The standard InChI is InChI=1S/C24H29N3O3/c1-17(2)15-21-23(29)27(24(30)26-21)16-22(28)25-14-13-20(18-9-5-3-6-10-18)19-11-7-4-8-12-19/h3-12,17,20-21H,13-16H2,1-2H3,(H,25,28)(H,26,30)/t21-/m0/s1. The Kier molecular flexibility index (Phi) is 7.22. The third-order valence-electron chi connectivity index (χ3n) is 5.27. The highest BCUT2D eigenvalue weighted by Gasteiger charge is 2.38. The number of hydrogen-bond donors (Lipinski definition) is 2. The van der Waals surface area contributed by atoms with Gasteiger partial charge in [-0.2, -0.15) is 0 Å². The Morgan fingerprint density at radius 2 is 1.57 bits per heavy atom. The van der Waals surface area contributed by atoms with Gasteiger partial charge in [0.05, 0.1) is 0 Å². The summed E-state index contributed by atoms with van der Waals surface area (Å²) in [7, 11) is 0. The molecule has 6 nitrogen and oxygen atoms in total. The molecule has 0 bridgehead atoms. The second kappa shape index (κ2) is 10.1. The monoisotopic (exact) mass is 407 g/mol. The molecule has 158 valence electrons. The molecule has 0 spiro atoms. The van der Waals surface area contributed by atoms with E-state index >= 15 is 0 Å². The van der Waals surface area contributed by atoms with E-state index in [-0.39, 0.29) is 30.2 Å². The maximum atomic E-state index is 12.4. The lowest BCUT2D eigenvalue weighted by Crippen LogP contribution is -2.41. The minimum Gasteiger partial charge on any atom is -0.355 e. The molecule has 0 aliphatic carbocycles. The van der Waals surface area contributed by atoms with Crippen molar-refractivity contribution in [3.05, 3.63) is 71.8 Å². The van der Waals surface area contributed by atoms with Crippen molar-refractivity contribution in [3.8, 4) is 0 Å². The molecular formula is C24H29N3O3. The number of benzene rings is 2. The van der Waals surface area contributed by atoms with Gasteiger partial charge >= 0.3 is 6.03 Å². The Morgan fingerprint density at radius 1 is 1.00 bits per heavy atom. The van der Waals surface area contributed by atoms with Crippen molar-refractivity contribution >= 4 is 17.8 Å². The van der Waals surface area contributed by atoms with Gasteiger partial charge in [0.25, 0.3) is 5.91 Å². The first-order valence-electron chi connectivity index (χ1n) is 10.4. The molecule has 2 N–H and O–H groups in total. The van der Waals surface area contributed by atoms with E-state index in [0.717, 1.165) is 11.3 Å². The van der Waals surface area contributed by atoms with Gasteiger partial charge in [0.1, 0.15) is 12.6 Å². The van der Waals surface area contributed by atoms with E-state index in [9.17, 15) is 14.4 Å². The molecule has 2 aromatic carbocycles. The van der Waals surface area contributed by atoms with Gasteiger partial charge in [-0.3, -0.25) is 14.5 Å². The van der Waals surface area contributed by atoms with Crippen LogP contribution < -0.4 is 10.6 Å². The molecule has 30 heavy (non-hydrogen) atoms. The molecule has 1 atom stereocenters. The molecule has 0 unspecified atom stereocenters. The van der Waals surface area contributed by atoms with E-state index < -0.39 is 12.1 Å². The zero-order valence-corrected chi connectivity index (χ0v) is 17.5. The third-order valence-corrected chi connectivity index (χ3v) is 5.27. The maximum Gasteiger partial charge on any atom is 0.325 e. The Hall–Kier alpha value is -3.15. The van der Waals surface area contributed by atoms with Crippen LogP contribution in [0.1, 0.15) is 43.7 Å². The summed E-state index contributed by atoms with van der Waals surface area (Å²) in [6, 6.07) is 19.3. The van der Waals surface area contributed by atoms with Gasteiger partial charge in [0, 0.05) is 12.5 Å². The fourth-order valence-corrected chi connectivity index (χ4v) is 3.81. The highest BCUT2D eigenvalue weighted by molar-refractivity contribution is 6.06. The second-order valence-electron chi connectivity index (χ2n) is 8.07. The summed E-state index contributed by atoms with van der Waals surface area (Å²) in [5.41, 5.74) is 2.37. The predicted molar refractivity (Wildman–Crippen MR) is 116 cm³/mol. The summed E-state index contributed by atoms with van der Waals surface area (Å²) < 4.78 is 0. The molecule has 1 saturated heterocycles. The Labute approximate surface area is 177 Å². The topological polar surface area (TPSA) is 78.5 Å². The van der Waals surface area contributed by atoms with Crippen molar-refractivity contribution < 1.29 is 14.4 Å². The lowest BCUT2D eigenvalue weighted by molar-refractivity contribution is -0.132. The molecule has 0 aromatic heterocycles. The van der Waals surface area contributed by atoms with Gasteiger partial charge < -0.3 is 10.6 Å². The normalized spacial score (nSPS) is 16.3. The fraction of sp³-hybridized carbons (Fsp3) is 0.375. The number of urea groups is 1. The number of amides is 4. The quantitative estimate of drug-likeness (QED) is 0.626. The number of imide groups is 1. The minimum atomic E-state index is -0.536.